The second-order valence-corrected chi connectivity index (χ2v) is 5.57. The zero-order valence-corrected chi connectivity index (χ0v) is 13.0. The Kier molecular flexibility index (Phi) is 4.38. The number of aromatic nitrogens is 4. The highest BCUT2D eigenvalue weighted by Crippen LogP contribution is 2.30. The van der Waals surface area contributed by atoms with E-state index in [0.717, 1.165) is 17.0 Å². The Bertz CT molecular complexity index is 756. The Morgan fingerprint density at radius 1 is 1.14 bits per heavy atom. The molecule has 7 heteroatoms. The summed E-state index contributed by atoms with van der Waals surface area (Å²) in [7, 11) is 0. The fourth-order valence-corrected chi connectivity index (χ4v) is 2.76. The molecule has 0 aliphatic carbocycles. The van der Waals surface area contributed by atoms with E-state index in [0.29, 0.717) is 22.4 Å². The predicted octanol–water partition coefficient (Wildman–Crippen LogP) is 3.26. The highest BCUT2D eigenvalue weighted by Gasteiger charge is 2.18. The molecule has 0 amide bonds. The zero-order chi connectivity index (χ0) is 15.5. The molecule has 22 heavy (non-hydrogen) atoms. The van der Waals surface area contributed by atoms with Crippen LogP contribution < -0.4 is 5.73 Å². The molecule has 0 aliphatic heterocycles. The van der Waals surface area contributed by atoms with Gasteiger partial charge in [0, 0.05) is 41.4 Å². The molecule has 0 saturated carbocycles. The number of nitrogens with zero attached hydrogens (tertiary/aromatic N) is 3. The monoisotopic (exact) mass is 333 g/mol. The molecule has 0 aliphatic rings. The molecule has 0 spiro atoms. The first-order valence-corrected chi connectivity index (χ1v) is 7.41. The van der Waals surface area contributed by atoms with Gasteiger partial charge in [0.1, 0.15) is 11.6 Å². The predicted molar refractivity (Wildman–Crippen MR) is 87.0 cm³/mol. The molecule has 3 aromatic rings. The number of nitrogens with one attached hydrogen (secondary N) is 1. The first-order valence-electron chi connectivity index (χ1n) is 6.65. The summed E-state index contributed by atoms with van der Waals surface area (Å²) in [5.41, 5.74) is 7.56. The van der Waals surface area contributed by atoms with Gasteiger partial charge in [0.25, 0.3) is 0 Å². The lowest BCUT2D eigenvalue weighted by Gasteiger charge is -2.15. The topological polar surface area (TPSA) is 80.5 Å². The van der Waals surface area contributed by atoms with E-state index in [1.165, 1.54) is 0 Å². The number of imidazole rings is 1. The van der Waals surface area contributed by atoms with Gasteiger partial charge in [-0.15, -0.1) is 0 Å². The number of H-pyrrole nitrogens is 1. The number of halogens is 2. The number of rotatable bonds is 4. The lowest BCUT2D eigenvalue weighted by atomic mass is 9.98. The van der Waals surface area contributed by atoms with Crippen LogP contribution in [0.3, 0.4) is 0 Å². The van der Waals surface area contributed by atoms with Crippen LogP contribution in [0.2, 0.25) is 10.0 Å². The summed E-state index contributed by atoms with van der Waals surface area (Å²) >= 11 is 12.2. The average Bonchev–Trinajstić information content (AvgIpc) is 3.05. The number of hydrogen-bond donors (Lipinski definition) is 2. The van der Waals surface area contributed by atoms with E-state index in [2.05, 4.69) is 19.9 Å². The van der Waals surface area contributed by atoms with Gasteiger partial charge in [-0.3, -0.25) is 0 Å². The summed E-state index contributed by atoms with van der Waals surface area (Å²) in [6.07, 6.45) is 6.86. The molecular formula is C15H13Cl2N5. The van der Waals surface area contributed by atoms with Crippen molar-refractivity contribution in [3.63, 3.8) is 0 Å². The minimum absolute atomic E-state index is 0.185. The first kappa shape index (κ1) is 15.0. The molecule has 1 unspecified atom stereocenters. The van der Waals surface area contributed by atoms with Crippen LogP contribution in [0.4, 0.5) is 0 Å². The van der Waals surface area contributed by atoms with Crippen molar-refractivity contribution in [2.24, 2.45) is 5.73 Å². The maximum Gasteiger partial charge on any atom is 0.140 e. The summed E-state index contributed by atoms with van der Waals surface area (Å²) < 4.78 is 0. The fraction of sp³-hybridized carbons (Fsp3) is 0.133. The van der Waals surface area contributed by atoms with Crippen molar-refractivity contribution in [1.29, 1.82) is 0 Å². The third-order valence-corrected chi connectivity index (χ3v) is 3.89. The molecule has 1 atom stereocenters. The van der Waals surface area contributed by atoms with Crippen LogP contribution in [0, 0.1) is 0 Å². The SMILES string of the molecule is NCC(c1ncc(-c2ncc[nH]2)cn1)c1ccc(Cl)cc1Cl. The van der Waals surface area contributed by atoms with E-state index >= 15 is 0 Å². The molecule has 3 rings (SSSR count). The van der Waals surface area contributed by atoms with E-state index in [1.807, 2.05) is 6.07 Å². The Morgan fingerprint density at radius 3 is 2.50 bits per heavy atom. The second kappa shape index (κ2) is 6.44. The standard InChI is InChI=1S/C15H13Cl2N5/c16-10-1-2-11(13(17)5-10)12(6-18)15-21-7-9(8-22-15)14-19-3-4-20-14/h1-5,7-8,12H,6,18H2,(H,19,20). The molecule has 2 heterocycles. The normalized spacial score (nSPS) is 12.3. The van der Waals surface area contributed by atoms with Crippen molar-refractivity contribution in [3.8, 4) is 11.4 Å². The van der Waals surface area contributed by atoms with Gasteiger partial charge in [-0.1, -0.05) is 29.3 Å². The highest BCUT2D eigenvalue weighted by atomic mass is 35.5. The summed E-state index contributed by atoms with van der Waals surface area (Å²) in [5, 5.41) is 1.14. The zero-order valence-electron chi connectivity index (χ0n) is 11.5. The molecule has 1 aromatic carbocycles. The van der Waals surface area contributed by atoms with Crippen molar-refractivity contribution in [2.45, 2.75) is 5.92 Å². The summed E-state index contributed by atoms with van der Waals surface area (Å²) in [6, 6.07) is 5.33. The highest BCUT2D eigenvalue weighted by molar-refractivity contribution is 6.35. The molecule has 2 aromatic heterocycles. The fourth-order valence-electron chi connectivity index (χ4n) is 2.22. The summed E-state index contributed by atoms with van der Waals surface area (Å²) in [4.78, 5) is 16.0. The van der Waals surface area contributed by atoms with Gasteiger partial charge < -0.3 is 10.7 Å². The van der Waals surface area contributed by atoms with Crippen molar-refractivity contribution in [3.05, 3.63) is 64.4 Å². The minimum atomic E-state index is -0.185. The number of aromatic amines is 1. The minimum Gasteiger partial charge on any atom is -0.345 e. The third-order valence-electron chi connectivity index (χ3n) is 3.33. The maximum atomic E-state index is 6.25. The van der Waals surface area contributed by atoms with Crippen molar-refractivity contribution in [2.75, 3.05) is 6.54 Å². The van der Waals surface area contributed by atoms with Gasteiger partial charge >= 0.3 is 0 Å². The van der Waals surface area contributed by atoms with E-state index in [-0.39, 0.29) is 5.92 Å². The quantitative estimate of drug-likeness (QED) is 0.767. The molecule has 0 radical (unpaired) electrons. The van der Waals surface area contributed by atoms with Crippen LogP contribution in [-0.2, 0) is 0 Å². The number of hydrogen-bond acceptors (Lipinski definition) is 4. The van der Waals surface area contributed by atoms with Gasteiger partial charge in [0.05, 0.1) is 11.5 Å². The number of benzene rings is 1. The Labute approximate surface area is 137 Å². The molecule has 0 fully saturated rings. The molecule has 5 nitrogen and oxygen atoms in total. The average molecular weight is 334 g/mol. The van der Waals surface area contributed by atoms with Crippen molar-refractivity contribution >= 4 is 23.2 Å². The van der Waals surface area contributed by atoms with E-state index < -0.39 is 0 Å². The molecule has 0 bridgehead atoms. The lowest BCUT2D eigenvalue weighted by Crippen LogP contribution is -2.17. The van der Waals surface area contributed by atoms with Gasteiger partial charge in [0.15, 0.2) is 0 Å². The maximum absolute atomic E-state index is 6.25. The number of nitrogens with two attached hydrogens (primary N) is 1. The van der Waals surface area contributed by atoms with Gasteiger partial charge in [-0.25, -0.2) is 15.0 Å². The van der Waals surface area contributed by atoms with Gasteiger partial charge in [-0.2, -0.15) is 0 Å². The first-order chi connectivity index (χ1) is 10.7. The molecule has 3 N–H and O–H groups in total. The second-order valence-electron chi connectivity index (χ2n) is 4.72. The Hall–Kier alpha value is -1.95. The largest absolute Gasteiger partial charge is 0.345 e. The Balaban J connectivity index is 1.94. The van der Waals surface area contributed by atoms with Crippen molar-refractivity contribution in [1.82, 2.24) is 19.9 Å². The van der Waals surface area contributed by atoms with Crippen LogP contribution in [0.5, 0.6) is 0 Å². The molecule has 112 valence electrons. The summed E-state index contributed by atoms with van der Waals surface area (Å²) in [6.45, 7) is 0.349. The smallest absolute Gasteiger partial charge is 0.140 e. The third kappa shape index (κ3) is 2.97. The lowest BCUT2D eigenvalue weighted by molar-refractivity contribution is 0.750. The Morgan fingerprint density at radius 2 is 1.91 bits per heavy atom. The van der Waals surface area contributed by atoms with Crippen LogP contribution in [0.1, 0.15) is 17.3 Å². The van der Waals surface area contributed by atoms with E-state index in [4.69, 9.17) is 28.9 Å². The summed E-state index contributed by atoms with van der Waals surface area (Å²) in [5.74, 6) is 1.15. The van der Waals surface area contributed by atoms with Gasteiger partial charge in [0.2, 0.25) is 0 Å². The van der Waals surface area contributed by atoms with Crippen LogP contribution >= 0.6 is 23.2 Å². The molecular weight excluding hydrogens is 321 g/mol. The van der Waals surface area contributed by atoms with Crippen LogP contribution in [0.15, 0.2) is 43.0 Å². The van der Waals surface area contributed by atoms with Gasteiger partial charge in [-0.05, 0) is 17.7 Å². The van der Waals surface area contributed by atoms with E-state index in [1.54, 1.807) is 36.9 Å². The molecule has 0 saturated heterocycles. The van der Waals surface area contributed by atoms with Crippen LogP contribution in [-0.4, -0.2) is 26.5 Å². The van der Waals surface area contributed by atoms with Crippen LogP contribution in [0.25, 0.3) is 11.4 Å². The van der Waals surface area contributed by atoms with E-state index in [9.17, 15) is 0 Å². The van der Waals surface area contributed by atoms with Crippen molar-refractivity contribution < 1.29 is 0 Å².